The van der Waals surface area contributed by atoms with E-state index in [0.29, 0.717) is 0 Å². The number of carbonyl (C=O) groups is 1. The quantitative estimate of drug-likeness (QED) is 0.589. The number of hydrogen-bond donors (Lipinski definition) is 3. The minimum absolute atomic E-state index is 0.0377. The summed E-state index contributed by atoms with van der Waals surface area (Å²) >= 11 is 1.40. The fraction of sp³-hybridized carbons (Fsp3) is 0.933. The average molecular weight is 408 g/mol. The summed E-state index contributed by atoms with van der Waals surface area (Å²) in [7, 11) is -2.12. The third kappa shape index (κ3) is 3.11. The second-order valence-electron chi connectivity index (χ2n) is 8.15. The summed E-state index contributed by atoms with van der Waals surface area (Å²) in [6.07, 6.45) is 0.276. The van der Waals surface area contributed by atoms with Crippen LogP contribution in [-0.4, -0.2) is 72.0 Å². The van der Waals surface area contributed by atoms with E-state index < -0.39 is 27.0 Å². The number of urea groups is 1. The molecule has 8 nitrogen and oxygen atoms in total. The molecule has 0 radical (unpaired) electrons. The van der Waals surface area contributed by atoms with Crippen molar-refractivity contribution >= 4 is 28.0 Å². The number of hydrogen-bond acceptors (Lipinski definition) is 6. The fourth-order valence-corrected chi connectivity index (χ4v) is 7.18. The molecule has 148 valence electrons. The topological polar surface area (TPSA) is 93.8 Å². The third-order valence-electron chi connectivity index (χ3n) is 5.95. The summed E-state index contributed by atoms with van der Waals surface area (Å²) in [6.45, 7) is 3.79. The highest BCUT2D eigenvalue weighted by atomic mass is 32.2. The van der Waals surface area contributed by atoms with Crippen LogP contribution in [0.25, 0.3) is 0 Å². The molecule has 2 aliphatic carbocycles. The number of rotatable bonds is 4. The van der Waals surface area contributed by atoms with Crippen molar-refractivity contribution in [3.8, 4) is 0 Å². The van der Waals surface area contributed by atoms with Gasteiger partial charge in [0, 0.05) is 19.0 Å². The van der Waals surface area contributed by atoms with Gasteiger partial charge in [-0.15, -0.1) is 0 Å². The maximum absolute atomic E-state index is 14.8. The molecule has 0 bridgehead atoms. The second kappa shape index (κ2) is 6.20. The van der Waals surface area contributed by atoms with Crippen LogP contribution in [0, 0.1) is 0 Å². The first kappa shape index (κ1) is 18.7. The lowest BCUT2D eigenvalue weighted by molar-refractivity contribution is 0.134. The van der Waals surface area contributed by atoms with Gasteiger partial charge in [-0.3, -0.25) is 10.2 Å². The molecule has 0 aromatic carbocycles. The first-order valence-electron chi connectivity index (χ1n) is 9.00. The number of alkyl halides is 1. The van der Waals surface area contributed by atoms with Gasteiger partial charge >= 0.3 is 6.03 Å². The minimum atomic E-state index is -3.78. The highest BCUT2D eigenvalue weighted by Crippen LogP contribution is 2.41. The Hall–Kier alpha value is -0.620. The van der Waals surface area contributed by atoms with E-state index >= 15 is 0 Å². The van der Waals surface area contributed by atoms with E-state index in [9.17, 15) is 17.6 Å². The molecular formula is C15H26FN5O3S2. The van der Waals surface area contributed by atoms with Crippen LogP contribution in [-0.2, 0) is 10.0 Å². The minimum Gasteiger partial charge on any atom is -0.322 e. The predicted molar refractivity (Wildman–Crippen MR) is 97.3 cm³/mol. The van der Waals surface area contributed by atoms with E-state index in [4.69, 9.17) is 0 Å². The lowest BCUT2D eigenvalue weighted by Gasteiger charge is -2.38. The Bertz CT molecular complexity index is 703. The van der Waals surface area contributed by atoms with E-state index in [1.54, 1.807) is 16.8 Å². The zero-order chi connectivity index (χ0) is 18.9. The summed E-state index contributed by atoms with van der Waals surface area (Å²) in [5, 5.41) is 2.14. The Balaban J connectivity index is 1.57. The van der Waals surface area contributed by atoms with Crippen molar-refractivity contribution in [1.29, 1.82) is 0 Å². The van der Waals surface area contributed by atoms with Gasteiger partial charge < -0.3 is 4.90 Å². The van der Waals surface area contributed by atoms with Gasteiger partial charge in [0.1, 0.15) is 16.9 Å². The molecule has 4 rings (SSSR count). The van der Waals surface area contributed by atoms with Crippen LogP contribution in [0.1, 0.15) is 39.5 Å². The number of nitrogens with one attached hydrogen (secondary N) is 3. The number of amides is 2. The number of nitrogens with zero attached hydrogens (tertiary/aromatic N) is 2. The molecular weight excluding hydrogens is 381 g/mol. The Morgan fingerprint density at radius 3 is 2.58 bits per heavy atom. The number of halogens is 1. The largest absolute Gasteiger partial charge is 0.322 e. The van der Waals surface area contributed by atoms with Gasteiger partial charge in [0.05, 0.1) is 18.2 Å². The van der Waals surface area contributed by atoms with Crippen molar-refractivity contribution in [2.45, 2.75) is 80.2 Å². The lowest BCUT2D eigenvalue weighted by Crippen LogP contribution is -2.56. The van der Waals surface area contributed by atoms with Gasteiger partial charge in [-0.2, -0.15) is 0 Å². The van der Waals surface area contributed by atoms with Crippen molar-refractivity contribution < 1.29 is 17.6 Å². The highest BCUT2D eigenvalue weighted by Gasteiger charge is 2.56. The zero-order valence-electron chi connectivity index (χ0n) is 15.1. The molecule has 6 atom stereocenters. The number of carbonyl (C=O) groups excluding carboxylic acids is 1. The summed E-state index contributed by atoms with van der Waals surface area (Å²) < 4.78 is 46.2. The molecule has 11 heteroatoms. The van der Waals surface area contributed by atoms with Crippen LogP contribution in [0.3, 0.4) is 0 Å². The number of likely N-dealkylation sites (N-methyl/N-ethyl adjacent to an activating group) is 1. The zero-order valence-corrected chi connectivity index (χ0v) is 16.7. The molecule has 0 spiro atoms. The second-order valence-corrected chi connectivity index (χ2v) is 11.0. The van der Waals surface area contributed by atoms with Crippen molar-refractivity contribution in [2.24, 2.45) is 0 Å². The Kier molecular flexibility index (Phi) is 4.46. The molecule has 0 aromatic rings. The molecule has 4 fully saturated rings. The van der Waals surface area contributed by atoms with Crippen LogP contribution < -0.4 is 14.8 Å². The molecule has 0 aromatic heterocycles. The van der Waals surface area contributed by atoms with Crippen molar-refractivity contribution in [3.63, 3.8) is 0 Å². The van der Waals surface area contributed by atoms with Gasteiger partial charge in [-0.1, -0.05) is 0 Å². The predicted octanol–water partition coefficient (Wildman–Crippen LogP) is 0.534. The number of fused-ring (bicyclic) bond motifs is 1. The SMILES string of the molecule is CC1NSC(N2C(=O)N(C)C3CC(F)C(S(=O)(=O)NC4(C)CC4)CC32)N1. The Labute approximate surface area is 157 Å². The van der Waals surface area contributed by atoms with Gasteiger partial charge in [-0.05, 0) is 45.1 Å². The molecule has 2 saturated carbocycles. The lowest BCUT2D eigenvalue weighted by atomic mass is 9.88. The van der Waals surface area contributed by atoms with Crippen LogP contribution in [0.15, 0.2) is 0 Å². The first-order valence-corrected chi connectivity index (χ1v) is 11.4. The van der Waals surface area contributed by atoms with Crippen LogP contribution >= 0.6 is 11.9 Å². The summed E-state index contributed by atoms with van der Waals surface area (Å²) in [6, 6.07) is -0.822. The van der Waals surface area contributed by atoms with Crippen LogP contribution in [0.5, 0.6) is 0 Å². The summed E-state index contributed by atoms with van der Waals surface area (Å²) in [5.74, 6) is 0. The van der Waals surface area contributed by atoms with Gasteiger partial charge in [0.15, 0.2) is 0 Å². The standard InChI is InChI=1S/C15H26FN5O3S2/c1-8-17-13(25-18-8)21-11-7-12(26(23,24)19-15(2)4-5-15)9(16)6-10(11)20(3)14(21)22/h8-13,17-19H,4-7H2,1-3H3. The summed E-state index contributed by atoms with van der Waals surface area (Å²) in [5.41, 5.74) is -0.720. The third-order valence-corrected chi connectivity index (χ3v) is 9.09. The molecule has 2 aliphatic heterocycles. The Morgan fingerprint density at radius 2 is 2.00 bits per heavy atom. The monoisotopic (exact) mass is 407 g/mol. The smallest absolute Gasteiger partial charge is 0.322 e. The fourth-order valence-electron chi connectivity index (χ4n) is 4.15. The van der Waals surface area contributed by atoms with Gasteiger partial charge in [0.2, 0.25) is 10.0 Å². The van der Waals surface area contributed by atoms with E-state index in [1.807, 2.05) is 13.8 Å². The van der Waals surface area contributed by atoms with E-state index in [-0.39, 0.29) is 42.6 Å². The first-order chi connectivity index (χ1) is 12.1. The molecule has 26 heavy (non-hydrogen) atoms. The molecule has 2 amide bonds. The van der Waals surface area contributed by atoms with Crippen molar-refractivity contribution in [3.05, 3.63) is 0 Å². The molecule has 4 aliphatic rings. The van der Waals surface area contributed by atoms with Crippen LogP contribution in [0.2, 0.25) is 0 Å². The molecule has 3 N–H and O–H groups in total. The number of sulfonamides is 1. The maximum Gasteiger partial charge on any atom is 0.322 e. The van der Waals surface area contributed by atoms with E-state index in [0.717, 1.165) is 12.8 Å². The van der Waals surface area contributed by atoms with Crippen molar-refractivity contribution in [2.75, 3.05) is 7.05 Å². The molecule has 6 unspecified atom stereocenters. The highest BCUT2D eigenvalue weighted by molar-refractivity contribution is 7.98. The van der Waals surface area contributed by atoms with Crippen molar-refractivity contribution in [1.82, 2.24) is 24.6 Å². The summed E-state index contributed by atoms with van der Waals surface area (Å²) in [4.78, 5) is 16.0. The molecule has 2 heterocycles. The maximum atomic E-state index is 14.8. The molecule has 2 saturated heterocycles. The average Bonchev–Trinajstić information content (AvgIpc) is 3.01. The van der Waals surface area contributed by atoms with Crippen LogP contribution in [0.4, 0.5) is 9.18 Å². The van der Waals surface area contributed by atoms with Gasteiger partial charge in [-0.25, -0.2) is 27.0 Å². The normalized spacial score (nSPS) is 42.2. The van der Waals surface area contributed by atoms with Gasteiger partial charge in [0.25, 0.3) is 0 Å². The Morgan fingerprint density at radius 1 is 1.31 bits per heavy atom. The van der Waals surface area contributed by atoms with E-state index in [2.05, 4.69) is 14.8 Å². The van der Waals surface area contributed by atoms with E-state index in [1.165, 1.54) is 11.9 Å².